The van der Waals surface area contributed by atoms with Crippen molar-refractivity contribution in [3.63, 3.8) is 0 Å². The maximum atomic E-state index is 12.9. The predicted octanol–water partition coefficient (Wildman–Crippen LogP) is 4.11. The molecule has 4 atom stereocenters. The average molecular weight is 669 g/mol. The van der Waals surface area contributed by atoms with E-state index in [-0.39, 0.29) is 23.7 Å². The topological polar surface area (TPSA) is 136 Å². The fraction of sp³-hybridized carbons (Fsp3) is 0.314. The van der Waals surface area contributed by atoms with Gasteiger partial charge in [-0.15, -0.1) is 11.8 Å². The van der Waals surface area contributed by atoms with E-state index in [4.69, 9.17) is 18.9 Å². The minimum atomic E-state index is -1.07. The van der Waals surface area contributed by atoms with Crippen molar-refractivity contribution in [3.05, 3.63) is 112 Å². The second-order valence-electron chi connectivity index (χ2n) is 12.0. The van der Waals surface area contributed by atoms with Crippen molar-refractivity contribution in [1.82, 2.24) is 24.4 Å². The van der Waals surface area contributed by atoms with Gasteiger partial charge in [0.2, 0.25) is 5.95 Å². The highest BCUT2D eigenvalue weighted by Crippen LogP contribution is 2.54. The minimum absolute atomic E-state index is 0.129. The number of H-pyrrole nitrogens is 1. The fourth-order valence-electron chi connectivity index (χ4n) is 6.38. The molecule has 2 aliphatic heterocycles. The van der Waals surface area contributed by atoms with Crippen LogP contribution >= 0.6 is 11.8 Å². The van der Waals surface area contributed by atoms with Crippen LogP contribution in [0.5, 0.6) is 11.5 Å². The first kappa shape index (κ1) is 31.9. The first-order valence-electron chi connectivity index (χ1n) is 15.4. The summed E-state index contributed by atoms with van der Waals surface area (Å²) in [5, 5.41) is 11.8. The van der Waals surface area contributed by atoms with E-state index in [9.17, 15) is 9.90 Å². The van der Waals surface area contributed by atoms with Crippen molar-refractivity contribution in [1.29, 1.82) is 0 Å². The molecule has 0 aliphatic carbocycles. The number of nitrogens with one attached hydrogen (secondary N) is 1. The molecule has 13 heteroatoms. The van der Waals surface area contributed by atoms with Gasteiger partial charge in [0.1, 0.15) is 29.3 Å². The van der Waals surface area contributed by atoms with Crippen LogP contribution < -0.4 is 15.0 Å². The summed E-state index contributed by atoms with van der Waals surface area (Å²) in [6.45, 7) is 0.192. The highest BCUT2D eigenvalue weighted by Gasteiger charge is 2.62. The number of nitrogens with zero attached hydrogens (tertiary/aromatic N) is 5. The van der Waals surface area contributed by atoms with E-state index in [1.165, 1.54) is 6.33 Å². The first-order valence-corrected chi connectivity index (χ1v) is 16.4. The number of rotatable bonds is 11. The Bertz CT molecular complexity index is 1930. The van der Waals surface area contributed by atoms with Crippen LogP contribution in [0.2, 0.25) is 0 Å². The number of aliphatic hydroxyl groups excluding tert-OH is 1. The lowest BCUT2D eigenvalue weighted by Gasteiger charge is -2.39. The largest absolute Gasteiger partial charge is 0.497 e. The van der Waals surface area contributed by atoms with Crippen molar-refractivity contribution >= 4 is 35.2 Å². The summed E-state index contributed by atoms with van der Waals surface area (Å²) in [7, 11) is 6.93. The number of imidazole rings is 1. The van der Waals surface area contributed by atoms with Gasteiger partial charge in [-0.05, 0) is 41.0 Å². The molecule has 5 aromatic rings. The van der Waals surface area contributed by atoms with E-state index < -0.39 is 34.3 Å². The van der Waals surface area contributed by atoms with E-state index in [1.807, 2.05) is 56.6 Å². The number of aliphatic hydroxyl groups is 1. The van der Waals surface area contributed by atoms with Crippen LogP contribution in [0.25, 0.3) is 11.2 Å². The van der Waals surface area contributed by atoms with Crippen LogP contribution in [0.4, 0.5) is 5.95 Å². The van der Waals surface area contributed by atoms with Crippen molar-refractivity contribution in [2.24, 2.45) is 4.99 Å². The molecule has 4 heterocycles. The Hall–Kier alpha value is -4.69. The van der Waals surface area contributed by atoms with Gasteiger partial charge in [-0.25, -0.2) is 9.98 Å². The summed E-state index contributed by atoms with van der Waals surface area (Å²) in [6.07, 6.45) is 0.611. The van der Waals surface area contributed by atoms with Gasteiger partial charge < -0.3 is 29.0 Å². The van der Waals surface area contributed by atoms with Gasteiger partial charge >= 0.3 is 0 Å². The van der Waals surface area contributed by atoms with Crippen LogP contribution in [0, 0.1) is 0 Å². The molecule has 7 rings (SSSR count). The molecule has 2 saturated heterocycles. The summed E-state index contributed by atoms with van der Waals surface area (Å²) >= 11 is 1.66. The van der Waals surface area contributed by atoms with Crippen LogP contribution in [-0.4, -0.2) is 94.3 Å². The Balaban J connectivity index is 1.28. The summed E-state index contributed by atoms with van der Waals surface area (Å²) in [4.78, 5) is 30.4. The lowest BCUT2D eigenvalue weighted by atomic mass is 9.84. The Morgan fingerprint density at radius 3 is 2.27 bits per heavy atom. The van der Waals surface area contributed by atoms with E-state index in [1.54, 1.807) is 41.8 Å². The molecule has 1 unspecified atom stereocenters. The second kappa shape index (κ2) is 12.7. The molecular formula is C35H36N6O6S. The Morgan fingerprint density at radius 2 is 1.67 bits per heavy atom. The van der Waals surface area contributed by atoms with Gasteiger partial charge in [0.05, 0.1) is 38.2 Å². The SMILES string of the molecule is COc1ccc(C(SC[C@@]23COC([C@H](n4cnc5c(=O)[nH]c(/N=C/N(C)C)nc54)O2)[C@H]3O)(c2ccccc2)c2ccc(OC)cc2)cc1. The lowest BCUT2D eigenvalue weighted by molar-refractivity contribution is -0.162. The van der Waals surface area contributed by atoms with E-state index in [0.717, 1.165) is 28.2 Å². The number of aromatic amines is 1. The number of methoxy groups -OCH3 is 2. The third-order valence-corrected chi connectivity index (χ3v) is 10.6. The summed E-state index contributed by atoms with van der Waals surface area (Å²) in [5.41, 5.74) is 2.04. The third kappa shape index (κ3) is 5.42. The Morgan fingerprint density at radius 1 is 1.04 bits per heavy atom. The normalized spacial score (nSPS) is 22.1. The van der Waals surface area contributed by atoms with Gasteiger partial charge in [0.15, 0.2) is 17.4 Å². The van der Waals surface area contributed by atoms with Gasteiger partial charge in [0, 0.05) is 19.8 Å². The number of ether oxygens (including phenoxy) is 4. The molecule has 48 heavy (non-hydrogen) atoms. The quantitative estimate of drug-likeness (QED) is 0.120. The molecule has 0 radical (unpaired) electrons. The lowest BCUT2D eigenvalue weighted by Crippen LogP contribution is -2.44. The molecule has 3 aromatic carbocycles. The van der Waals surface area contributed by atoms with Crippen molar-refractivity contribution in [3.8, 4) is 11.5 Å². The number of aromatic nitrogens is 4. The third-order valence-electron chi connectivity index (χ3n) is 8.82. The number of thioether (sulfide) groups is 1. The first-order chi connectivity index (χ1) is 23.3. The molecule has 2 bridgehead atoms. The average Bonchev–Trinajstić information content (AvgIpc) is 3.77. The standard InChI is InChI=1S/C35H36N6O6S/c1-40(2)20-37-33-38-30-27(31(43)39-33)36-21-41(30)32-28-29(42)34(47-32,18-46-28)19-48-35(22-8-6-5-7-9-22,23-10-14-25(44-3)15-11-23)24-12-16-26(45-4)17-13-24/h5-17,20-21,28-29,32,42H,18-19H2,1-4H3,(H,38,39,43)/b37-20+/t28?,29-,32-,34-/m1/s1. The highest BCUT2D eigenvalue weighted by molar-refractivity contribution is 8.00. The predicted molar refractivity (Wildman–Crippen MR) is 183 cm³/mol. The van der Waals surface area contributed by atoms with E-state index in [0.29, 0.717) is 5.75 Å². The van der Waals surface area contributed by atoms with Crippen LogP contribution in [-0.2, 0) is 14.2 Å². The van der Waals surface area contributed by atoms with E-state index in [2.05, 4.69) is 56.3 Å². The molecule has 0 saturated carbocycles. The monoisotopic (exact) mass is 668 g/mol. The molecule has 12 nitrogen and oxygen atoms in total. The van der Waals surface area contributed by atoms with Crippen molar-refractivity contribution in [2.75, 3.05) is 40.7 Å². The second-order valence-corrected chi connectivity index (χ2v) is 13.2. The van der Waals surface area contributed by atoms with Crippen molar-refractivity contribution in [2.45, 2.75) is 28.8 Å². The van der Waals surface area contributed by atoms with Crippen molar-refractivity contribution < 1.29 is 24.1 Å². The maximum Gasteiger partial charge on any atom is 0.280 e. The number of fused-ring (bicyclic) bond motifs is 3. The zero-order valence-electron chi connectivity index (χ0n) is 26.9. The highest BCUT2D eigenvalue weighted by atomic mass is 32.2. The van der Waals surface area contributed by atoms with Gasteiger partial charge in [-0.2, -0.15) is 4.98 Å². The summed E-state index contributed by atoms with van der Waals surface area (Å²) < 4.78 is 24.9. The number of aliphatic imine (C=N–C) groups is 1. The Labute approximate surface area is 281 Å². The summed E-state index contributed by atoms with van der Waals surface area (Å²) in [6, 6.07) is 26.4. The Kier molecular flexibility index (Phi) is 8.46. The minimum Gasteiger partial charge on any atom is -0.497 e. The van der Waals surface area contributed by atoms with Crippen LogP contribution in [0.15, 0.2) is 95.0 Å². The molecule has 2 fully saturated rings. The molecule has 248 valence electrons. The summed E-state index contributed by atoms with van der Waals surface area (Å²) in [5.74, 6) is 2.00. The van der Waals surface area contributed by atoms with Gasteiger partial charge in [-0.3, -0.25) is 14.3 Å². The van der Waals surface area contributed by atoms with Crippen LogP contribution in [0.1, 0.15) is 22.9 Å². The van der Waals surface area contributed by atoms with Gasteiger partial charge in [-0.1, -0.05) is 54.6 Å². The number of hydrogen-bond acceptors (Lipinski definition) is 10. The fourth-order valence-corrected chi connectivity index (χ4v) is 8.07. The van der Waals surface area contributed by atoms with E-state index >= 15 is 0 Å². The molecular weight excluding hydrogens is 632 g/mol. The molecule has 0 amide bonds. The van der Waals surface area contributed by atoms with Gasteiger partial charge in [0.25, 0.3) is 5.56 Å². The zero-order chi connectivity index (χ0) is 33.5. The number of benzene rings is 3. The molecule has 2 aromatic heterocycles. The maximum absolute atomic E-state index is 12.9. The smallest absolute Gasteiger partial charge is 0.280 e. The molecule has 2 N–H and O–H groups in total. The van der Waals surface area contributed by atoms with Crippen LogP contribution in [0.3, 0.4) is 0 Å². The molecule has 2 aliphatic rings. The zero-order valence-corrected chi connectivity index (χ0v) is 27.8. The number of hydrogen-bond donors (Lipinski definition) is 2. The molecule has 0 spiro atoms.